The number of nitrogens with zero attached hydrogens (tertiary/aromatic N) is 1. The lowest BCUT2D eigenvalue weighted by atomic mass is 9.67. The van der Waals surface area contributed by atoms with E-state index < -0.39 is 5.41 Å². The maximum atomic E-state index is 15.7. The third-order valence-corrected chi connectivity index (χ3v) is 14.2. The fourth-order valence-electron chi connectivity index (χ4n) is 10.5. The molecule has 0 fully saturated rings. The Labute approximate surface area is 364 Å². The molecule has 0 N–H and O–H groups in total. The van der Waals surface area contributed by atoms with Crippen LogP contribution >= 0.6 is 11.8 Å². The van der Waals surface area contributed by atoms with Gasteiger partial charge in [-0.15, -0.1) is 0 Å². The summed E-state index contributed by atoms with van der Waals surface area (Å²) in [4.78, 5) is 4.80. The van der Waals surface area contributed by atoms with Gasteiger partial charge in [-0.25, -0.2) is 4.39 Å². The first kappa shape index (κ1) is 36.7. The fourth-order valence-corrected chi connectivity index (χ4v) is 11.7. The van der Waals surface area contributed by atoms with Crippen molar-refractivity contribution in [2.75, 3.05) is 4.90 Å². The van der Waals surface area contributed by atoms with E-state index in [0.29, 0.717) is 5.58 Å². The van der Waals surface area contributed by atoms with E-state index in [9.17, 15) is 0 Å². The Hall–Kier alpha value is -7.14. The Morgan fingerprint density at radius 2 is 1.10 bits per heavy atom. The summed E-state index contributed by atoms with van der Waals surface area (Å²) in [6.45, 7) is 0. The van der Waals surface area contributed by atoms with Gasteiger partial charge in [0.1, 0.15) is 17.0 Å². The van der Waals surface area contributed by atoms with Crippen molar-refractivity contribution in [2.24, 2.45) is 0 Å². The first-order valence-corrected chi connectivity index (χ1v) is 22.2. The standard InChI is InChI=1S/C58H40FNOS/c59-40-34-48(44(39-18-6-2-7-19-39)31-28-38-16-4-1-5-17-38)57-47-32-29-42(36-53(47)61-54(57)35-40)60(41-20-8-3-9-21-41)43-30-33-52-56(37-43)62-55-27-15-14-26-51(55)58(52)49-24-12-10-22-45(49)46-23-11-13-25-50(46)58/h1-27,29-30,32-37,44H,28,31H2. The van der Waals surface area contributed by atoms with Crippen LogP contribution in [-0.2, 0) is 11.8 Å². The number of aryl methyl sites for hydroxylation is 1. The van der Waals surface area contributed by atoms with Gasteiger partial charge in [0.05, 0.1) is 5.41 Å². The number of rotatable bonds is 8. The van der Waals surface area contributed by atoms with Gasteiger partial charge in [0, 0.05) is 55.7 Å². The van der Waals surface area contributed by atoms with Gasteiger partial charge < -0.3 is 9.32 Å². The molecule has 4 heteroatoms. The lowest BCUT2D eigenvalue weighted by Gasteiger charge is -2.40. The molecule has 1 spiro atoms. The molecule has 2 nitrogen and oxygen atoms in total. The number of fused-ring (bicyclic) bond motifs is 12. The highest BCUT2D eigenvalue weighted by Gasteiger charge is 2.50. The fraction of sp³-hybridized carbons (Fsp3) is 0.0690. The summed E-state index contributed by atoms with van der Waals surface area (Å²) in [5.41, 5.74) is 15.1. The number of furan rings is 1. The molecule has 1 aliphatic carbocycles. The van der Waals surface area contributed by atoms with E-state index in [2.05, 4.69) is 193 Å². The average Bonchev–Trinajstić information content (AvgIpc) is 3.83. The molecule has 0 radical (unpaired) electrons. The first-order chi connectivity index (χ1) is 30.6. The molecule has 1 aliphatic heterocycles. The Bertz CT molecular complexity index is 3260. The number of hydrogen-bond acceptors (Lipinski definition) is 3. The van der Waals surface area contributed by atoms with Gasteiger partial charge in [-0.05, 0) is 111 Å². The van der Waals surface area contributed by atoms with Crippen molar-refractivity contribution in [1.29, 1.82) is 0 Å². The van der Waals surface area contributed by atoms with Crippen LogP contribution in [-0.4, -0.2) is 0 Å². The number of benzene rings is 9. The summed E-state index contributed by atoms with van der Waals surface area (Å²) in [7, 11) is 0. The Morgan fingerprint density at radius 1 is 0.500 bits per heavy atom. The molecule has 62 heavy (non-hydrogen) atoms. The van der Waals surface area contributed by atoms with Crippen LogP contribution in [0.5, 0.6) is 0 Å². The molecule has 1 unspecified atom stereocenters. The van der Waals surface area contributed by atoms with Crippen LogP contribution in [0, 0.1) is 5.82 Å². The van der Waals surface area contributed by atoms with Crippen LogP contribution in [0.2, 0.25) is 0 Å². The molecular formula is C58H40FNOS. The highest BCUT2D eigenvalue weighted by Crippen LogP contribution is 2.62. The zero-order chi connectivity index (χ0) is 41.2. The summed E-state index contributed by atoms with van der Waals surface area (Å²) in [6.07, 6.45) is 1.70. The van der Waals surface area contributed by atoms with Crippen LogP contribution in [0.1, 0.15) is 51.3 Å². The van der Waals surface area contributed by atoms with Gasteiger partial charge >= 0.3 is 0 Å². The summed E-state index contributed by atoms with van der Waals surface area (Å²) in [5.74, 6) is -0.326. The molecule has 2 heterocycles. The molecule has 10 aromatic rings. The first-order valence-electron chi connectivity index (χ1n) is 21.4. The largest absolute Gasteiger partial charge is 0.456 e. The van der Waals surface area contributed by atoms with Gasteiger partial charge in [0.2, 0.25) is 0 Å². The average molecular weight is 818 g/mol. The topological polar surface area (TPSA) is 16.4 Å². The summed E-state index contributed by atoms with van der Waals surface area (Å²) >= 11 is 1.85. The van der Waals surface area contributed by atoms with E-state index in [1.807, 2.05) is 23.9 Å². The number of anilines is 3. The van der Waals surface area contributed by atoms with E-state index in [0.717, 1.165) is 57.4 Å². The van der Waals surface area contributed by atoms with Crippen LogP contribution in [0.15, 0.2) is 227 Å². The lowest BCUT2D eigenvalue weighted by Crippen LogP contribution is -2.32. The van der Waals surface area contributed by atoms with Crippen molar-refractivity contribution in [2.45, 2.75) is 34.0 Å². The summed E-state index contributed by atoms with van der Waals surface area (Å²) in [5, 5.41) is 1.94. The lowest BCUT2D eigenvalue weighted by molar-refractivity contribution is 0.612. The monoisotopic (exact) mass is 817 g/mol. The van der Waals surface area contributed by atoms with Gasteiger partial charge in [0.25, 0.3) is 0 Å². The smallest absolute Gasteiger partial charge is 0.138 e. The minimum absolute atomic E-state index is 0.0314. The zero-order valence-electron chi connectivity index (χ0n) is 33.8. The van der Waals surface area contributed by atoms with Crippen molar-refractivity contribution in [1.82, 2.24) is 0 Å². The van der Waals surface area contributed by atoms with Crippen molar-refractivity contribution in [3.63, 3.8) is 0 Å². The van der Waals surface area contributed by atoms with Gasteiger partial charge in [0.15, 0.2) is 0 Å². The number of halogens is 1. The summed E-state index contributed by atoms with van der Waals surface area (Å²) in [6, 6.07) is 75.1. The predicted molar refractivity (Wildman–Crippen MR) is 253 cm³/mol. The molecule has 296 valence electrons. The number of hydrogen-bond donors (Lipinski definition) is 0. The Kier molecular flexibility index (Phi) is 8.75. The maximum Gasteiger partial charge on any atom is 0.138 e. The second-order valence-electron chi connectivity index (χ2n) is 16.4. The molecule has 1 atom stereocenters. The molecule has 2 aliphatic rings. The van der Waals surface area contributed by atoms with Crippen LogP contribution in [0.4, 0.5) is 21.5 Å². The minimum Gasteiger partial charge on any atom is -0.456 e. The normalized spacial score (nSPS) is 13.7. The van der Waals surface area contributed by atoms with Gasteiger partial charge in [-0.1, -0.05) is 163 Å². The van der Waals surface area contributed by atoms with Crippen molar-refractivity contribution < 1.29 is 8.81 Å². The van der Waals surface area contributed by atoms with Gasteiger partial charge in [-0.3, -0.25) is 0 Å². The molecule has 0 saturated carbocycles. The van der Waals surface area contributed by atoms with E-state index in [4.69, 9.17) is 4.42 Å². The zero-order valence-corrected chi connectivity index (χ0v) is 34.7. The molecule has 0 saturated heterocycles. The summed E-state index contributed by atoms with van der Waals surface area (Å²) < 4.78 is 22.4. The van der Waals surface area contributed by atoms with Gasteiger partial charge in [-0.2, -0.15) is 0 Å². The Balaban J connectivity index is 1.01. The van der Waals surface area contributed by atoms with Crippen LogP contribution in [0.25, 0.3) is 33.1 Å². The number of para-hydroxylation sites is 1. The predicted octanol–water partition coefficient (Wildman–Crippen LogP) is 15.8. The third kappa shape index (κ3) is 5.78. The Morgan fingerprint density at radius 3 is 1.84 bits per heavy atom. The molecule has 1 aromatic heterocycles. The second-order valence-corrected chi connectivity index (χ2v) is 17.5. The molecule has 12 rings (SSSR count). The van der Waals surface area contributed by atoms with E-state index in [1.54, 1.807) is 12.1 Å². The molecule has 0 amide bonds. The molecule has 0 bridgehead atoms. The van der Waals surface area contributed by atoms with Crippen molar-refractivity contribution >= 4 is 50.8 Å². The minimum atomic E-state index is -0.445. The molecule has 9 aromatic carbocycles. The highest BCUT2D eigenvalue weighted by molar-refractivity contribution is 7.99. The van der Waals surface area contributed by atoms with E-state index in [1.165, 1.54) is 48.7 Å². The second kappa shape index (κ2) is 14.8. The van der Waals surface area contributed by atoms with Crippen molar-refractivity contribution in [3.05, 3.63) is 257 Å². The maximum absolute atomic E-state index is 15.7. The SMILES string of the molecule is Fc1cc(C(CCc2ccccc2)c2ccccc2)c2c(c1)oc1cc(N(c3ccccc3)c3ccc4c(c3)Sc3ccccc3C43c4ccccc4-c4ccccc43)ccc12. The van der Waals surface area contributed by atoms with E-state index in [-0.39, 0.29) is 11.7 Å². The molecular weight excluding hydrogens is 778 g/mol. The third-order valence-electron chi connectivity index (χ3n) is 13.1. The quantitative estimate of drug-likeness (QED) is 0.152. The van der Waals surface area contributed by atoms with E-state index >= 15 is 4.39 Å². The van der Waals surface area contributed by atoms with Crippen molar-refractivity contribution in [3.8, 4) is 11.1 Å². The van der Waals surface area contributed by atoms with Crippen LogP contribution < -0.4 is 4.90 Å². The highest BCUT2D eigenvalue weighted by atomic mass is 32.2. The van der Waals surface area contributed by atoms with Crippen LogP contribution in [0.3, 0.4) is 0 Å².